The fraction of sp³-hybridized carbons (Fsp3) is 0.231. The number of aromatic nitrogens is 3. The van der Waals surface area contributed by atoms with Crippen molar-refractivity contribution >= 4 is 17.6 Å². The van der Waals surface area contributed by atoms with Crippen molar-refractivity contribution in [3.8, 4) is 17.0 Å². The molecule has 0 unspecified atom stereocenters. The molecule has 178 valence electrons. The average Bonchev–Trinajstić information content (AvgIpc) is 3.49. The van der Waals surface area contributed by atoms with Crippen LogP contribution in [0.3, 0.4) is 0 Å². The fourth-order valence-electron chi connectivity index (χ4n) is 4.10. The minimum absolute atomic E-state index is 0.00681. The summed E-state index contributed by atoms with van der Waals surface area (Å²) >= 11 is 0. The van der Waals surface area contributed by atoms with E-state index < -0.39 is 5.91 Å². The molecule has 5 rings (SSSR count). The van der Waals surface area contributed by atoms with E-state index in [-0.39, 0.29) is 23.5 Å². The summed E-state index contributed by atoms with van der Waals surface area (Å²) in [6.45, 7) is 2.39. The maximum Gasteiger partial charge on any atom is 0.342 e. The van der Waals surface area contributed by atoms with Crippen molar-refractivity contribution in [2.45, 2.75) is 38.6 Å². The van der Waals surface area contributed by atoms with Gasteiger partial charge in [-0.05, 0) is 49.6 Å². The van der Waals surface area contributed by atoms with E-state index in [9.17, 15) is 14.7 Å². The molecule has 9 nitrogen and oxygen atoms in total. The highest BCUT2D eigenvalue weighted by Crippen LogP contribution is 2.39. The molecule has 0 spiro atoms. The number of phenolic OH excluding ortho intramolecular Hbond substituents is 1. The molecule has 9 heteroatoms. The number of anilines is 1. The number of aryl methyl sites for hydroxylation is 1. The lowest BCUT2D eigenvalue weighted by atomic mass is 9.82. The summed E-state index contributed by atoms with van der Waals surface area (Å²) in [5, 5.41) is 24.3. The SMILES string of the molecule is Cc1cccc(CNC(=O)n2nc(-c3cc(NC(=O)c4ccno4)ccc3O)cc2C2CCC2)c1. The highest BCUT2D eigenvalue weighted by atomic mass is 16.5. The van der Waals surface area contributed by atoms with E-state index >= 15 is 0 Å². The third-order valence-corrected chi connectivity index (χ3v) is 6.17. The van der Waals surface area contributed by atoms with Gasteiger partial charge in [0.1, 0.15) is 5.75 Å². The van der Waals surface area contributed by atoms with Crippen molar-refractivity contribution < 1.29 is 19.2 Å². The van der Waals surface area contributed by atoms with E-state index in [1.54, 1.807) is 12.1 Å². The molecule has 1 fully saturated rings. The molecule has 1 aliphatic carbocycles. The number of carbonyl (C=O) groups is 2. The van der Waals surface area contributed by atoms with Crippen LogP contribution in [0.1, 0.15) is 52.6 Å². The van der Waals surface area contributed by atoms with Crippen LogP contribution < -0.4 is 10.6 Å². The van der Waals surface area contributed by atoms with Gasteiger partial charge in [0.05, 0.1) is 17.6 Å². The molecule has 0 atom stereocenters. The molecule has 3 N–H and O–H groups in total. The summed E-state index contributed by atoms with van der Waals surface area (Å²) in [4.78, 5) is 25.4. The van der Waals surface area contributed by atoms with Crippen LogP contribution >= 0.6 is 0 Å². The molecule has 2 heterocycles. The smallest absolute Gasteiger partial charge is 0.342 e. The van der Waals surface area contributed by atoms with Crippen molar-refractivity contribution in [1.82, 2.24) is 20.3 Å². The summed E-state index contributed by atoms with van der Waals surface area (Å²) in [6, 6.07) is 15.6. The first kappa shape index (κ1) is 22.4. The number of nitrogens with one attached hydrogen (secondary N) is 2. The van der Waals surface area contributed by atoms with Crippen LogP contribution in [0.2, 0.25) is 0 Å². The van der Waals surface area contributed by atoms with E-state index in [1.807, 2.05) is 37.3 Å². The largest absolute Gasteiger partial charge is 0.507 e. The summed E-state index contributed by atoms with van der Waals surface area (Å²) in [6.07, 6.45) is 4.45. The Balaban J connectivity index is 1.41. The van der Waals surface area contributed by atoms with E-state index in [2.05, 4.69) is 20.9 Å². The van der Waals surface area contributed by atoms with E-state index in [0.29, 0.717) is 23.5 Å². The predicted octanol–water partition coefficient (Wildman–Crippen LogP) is 4.83. The van der Waals surface area contributed by atoms with Crippen LogP contribution in [0.25, 0.3) is 11.3 Å². The molecule has 2 aromatic carbocycles. The van der Waals surface area contributed by atoms with Gasteiger partial charge in [0.2, 0.25) is 5.76 Å². The van der Waals surface area contributed by atoms with E-state index in [1.165, 1.54) is 23.0 Å². The molecular formula is C26H25N5O4. The Morgan fingerprint density at radius 3 is 2.71 bits per heavy atom. The number of hydrogen-bond acceptors (Lipinski definition) is 6. The zero-order chi connectivity index (χ0) is 24.4. The molecule has 1 saturated carbocycles. The van der Waals surface area contributed by atoms with Gasteiger partial charge in [0.15, 0.2) is 0 Å². The lowest BCUT2D eigenvalue weighted by Crippen LogP contribution is -2.31. The maximum absolute atomic E-state index is 13.1. The Bertz CT molecular complexity index is 1370. The minimum atomic E-state index is -0.463. The van der Waals surface area contributed by atoms with Crippen LogP contribution in [-0.4, -0.2) is 32.0 Å². The molecular weight excluding hydrogens is 446 g/mol. The van der Waals surface area contributed by atoms with E-state index in [4.69, 9.17) is 4.52 Å². The fourth-order valence-corrected chi connectivity index (χ4v) is 4.10. The van der Waals surface area contributed by atoms with Crippen LogP contribution in [-0.2, 0) is 6.54 Å². The van der Waals surface area contributed by atoms with Gasteiger partial charge in [-0.25, -0.2) is 4.79 Å². The van der Waals surface area contributed by atoms with Crippen molar-refractivity contribution in [3.63, 3.8) is 0 Å². The van der Waals surface area contributed by atoms with Gasteiger partial charge >= 0.3 is 6.03 Å². The van der Waals surface area contributed by atoms with Crippen molar-refractivity contribution in [2.24, 2.45) is 0 Å². The van der Waals surface area contributed by atoms with Crippen LogP contribution in [0.15, 0.2) is 65.3 Å². The molecule has 1 aliphatic rings. The third-order valence-electron chi connectivity index (χ3n) is 6.17. The zero-order valence-corrected chi connectivity index (χ0v) is 19.2. The summed E-state index contributed by atoms with van der Waals surface area (Å²) in [7, 11) is 0. The first-order chi connectivity index (χ1) is 17.0. The van der Waals surface area contributed by atoms with Crippen molar-refractivity contribution in [3.05, 3.63) is 83.4 Å². The van der Waals surface area contributed by atoms with E-state index in [0.717, 1.165) is 36.1 Å². The Labute approximate surface area is 201 Å². The monoisotopic (exact) mass is 471 g/mol. The van der Waals surface area contributed by atoms with Gasteiger partial charge in [0.25, 0.3) is 5.91 Å². The molecule has 0 bridgehead atoms. The number of aromatic hydroxyl groups is 1. The molecule has 0 radical (unpaired) electrons. The number of rotatable bonds is 6. The molecule has 4 aromatic rings. The first-order valence-corrected chi connectivity index (χ1v) is 11.5. The normalized spacial score (nSPS) is 13.3. The highest BCUT2D eigenvalue weighted by Gasteiger charge is 2.27. The average molecular weight is 472 g/mol. The van der Waals surface area contributed by atoms with Crippen LogP contribution in [0.4, 0.5) is 10.5 Å². The third kappa shape index (κ3) is 4.79. The van der Waals surface area contributed by atoms with Crippen LogP contribution in [0, 0.1) is 6.92 Å². The van der Waals surface area contributed by atoms with Crippen molar-refractivity contribution in [2.75, 3.05) is 5.32 Å². The number of phenols is 1. The highest BCUT2D eigenvalue weighted by molar-refractivity contribution is 6.02. The van der Waals surface area contributed by atoms with Crippen LogP contribution in [0.5, 0.6) is 5.75 Å². The predicted molar refractivity (Wildman–Crippen MR) is 129 cm³/mol. The second kappa shape index (κ2) is 9.46. The topological polar surface area (TPSA) is 122 Å². The standard InChI is InChI=1S/C26H25N5O4/c1-16-4-2-5-17(12-16)15-27-26(34)31-22(18-6-3-7-18)14-21(30-31)20-13-19(8-9-23(20)32)29-25(33)24-10-11-28-35-24/h2,4-5,8-14,18,32H,3,6-7,15H2,1H3,(H,27,34)(H,29,33). The number of hydrogen-bond donors (Lipinski definition) is 3. The Kier molecular flexibility index (Phi) is 6.05. The second-order valence-corrected chi connectivity index (χ2v) is 8.70. The number of carbonyl (C=O) groups excluding carboxylic acids is 2. The molecule has 2 aromatic heterocycles. The first-order valence-electron chi connectivity index (χ1n) is 11.5. The van der Waals surface area contributed by atoms with Gasteiger partial charge in [0, 0.05) is 29.8 Å². The molecule has 35 heavy (non-hydrogen) atoms. The van der Waals surface area contributed by atoms with Gasteiger partial charge < -0.3 is 20.3 Å². The summed E-state index contributed by atoms with van der Waals surface area (Å²) in [5.74, 6) is -0.165. The minimum Gasteiger partial charge on any atom is -0.507 e. The Morgan fingerprint density at radius 2 is 2.00 bits per heavy atom. The number of amides is 2. The lowest BCUT2D eigenvalue weighted by Gasteiger charge is -2.25. The summed E-state index contributed by atoms with van der Waals surface area (Å²) in [5.41, 5.74) is 4.24. The molecule has 0 aliphatic heterocycles. The number of benzene rings is 2. The quantitative estimate of drug-likeness (QED) is 0.346. The van der Waals surface area contributed by atoms with Gasteiger partial charge in [-0.15, -0.1) is 0 Å². The van der Waals surface area contributed by atoms with Gasteiger partial charge in [-0.3, -0.25) is 4.79 Å². The lowest BCUT2D eigenvalue weighted by molar-refractivity contribution is 0.0988. The van der Waals surface area contributed by atoms with Crippen molar-refractivity contribution in [1.29, 1.82) is 0 Å². The number of nitrogens with zero attached hydrogens (tertiary/aromatic N) is 3. The van der Waals surface area contributed by atoms with Gasteiger partial charge in [-0.1, -0.05) is 41.4 Å². The molecule has 0 saturated heterocycles. The Hall–Kier alpha value is -4.40. The maximum atomic E-state index is 13.1. The molecule has 2 amide bonds. The second-order valence-electron chi connectivity index (χ2n) is 8.70. The van der Waals surface area contributed by atoms with Gasteiger partial charge in [-0.2, -0.15) is 9.78 Å². The summed E-state index contributed by atoms with van der Waals surface area (Å²) < 4.78 is 6.28. The zero-order valence-electron chi connectivity index (χ0n) is 19.2. The Morgan fingerprint density at radius 1 is 1.14 bits per heavy atom.